The van der Waals surface area contributed by atoms with Crippen molar-refractivity contribution in [3.8, 4) is 0 Å². The molecule has 0 unspecified atom stereocenters. The SMILES string of the molecule is Cc1cnn(CCNc2cc(C(F)(F)F)nc(Cl)n2)c1. The van der Waals surface area contributed by atoms with Crippen molar-refractivity contribution in [3.63, 3.8) is 0 Å². The lowest BCUT2D eigenvalue weighted by Crippen LogP contribution is -2.14. The van der Waals surface area contributed by atoms with Gasteiger partial charge < -0.3 is 5.32 Å². The van der Waals surface area contributed by atoms with Crippen molar-refractivity contribution in [2.75, 3.05) is 11.9 Å². The summed E-state index contributed by atoms with van der Waals surface area (Å²) in [5.41, 5.74) is -0.0654. The number of nitrogens with one attached hydrogen (secondary N) is 1. The lowest BCUT2D eigenvalue weighted by molar-refractivity contribution is -0.141. The van der Waals surface area contributed by atoms with Crippen molar-refractivity contribution in [1.82, 2.24) is 19.7 Å². The number of halogens is 4. The molecule has 1 N–H and O–H groups in total. The van der Waals surface area contributed by atoms with Crippen molar-refractivity contribution >= 4 is 17.4 Å². The van der Waals surface area contributed by atoms with Gasteiger partial charge in [0.15, 0.2) is 5.69 Å². The number of nitrogens with zero attached hydrogens (tertiary/aromatic N) is 4. The Bertz CT molecular complexity index is 596. The third-order valence-corrected chi connectivity index (χ3v) is 2.57. The number of alkyl halides is 3. The summed E-state index contributed by atoms with van der Waals surface area (Å²) in [6.07, 6.45) is -1.03. The molecular formula is C11H11ClF3N5. The molecule has 108 valence electrons. The quantitative estimate of drug-likeness (QED) is 0.883. The van der Waals surface area contributed by atoms with E-state index in [0.29, 0.717) is 13.1 Å². The normalized spacial score (nSPS) is 11.7. The number of anilines is 1. The first-order chi connectivity index (χ1) is 9.34. The molecule has 0 amide bonds. The number of hydrogen-bond donors (Lipinski definition) is 1. The van der Waals surface area contributed by atoms with Crippen LogP contribution in [0.1, 0.15) is 11.3 Å². The summed E-state index contributed by atoms with van der Waals surface area (Å²) < 4.78 is 39.3. The van der Waals surface area contributed by atoms with Gasteiger partial charge in [-0.15, -0.1) is 0 Å². The van der Waals surface area contributed by atoms with E-state index in [9.17, 15) is 13.2 Å². The highest BCUT2D eigenvalue weighted by Gasteiger charge is 2.33. The molecule has 0 bridgehead atoms. The highest BCUT2D eigenvalue weighted by Crippen LogP contribution is 2.29. The second kappa shape index (κ2) is 5.66. The summed E-state index contributed by atoms with van der Waals surface area (Å²) in [5.74, 6) is 0.0289. The zero-order valence-electron chi connectivity index (χ0n) is 10.4. The molecule has 2 rings (SSSR count). The lowest BCUT2D eigenvalue weighted by Gasteiger charge is -2.09. The fourth-order valence-electron chi connectivity index (χ4n) is 1.54. The second-order valence-electron chi connectivity index (χ2n) is 4.11. The van der Waals surface area contributed by atoms with E-state index in [1.54, 1.807) is 10.9 Å². The monoisotopic (exact) mass is 305 g/mol. The Morgan fingerprint density at radius 3 is 2.70 bits per heavy atom. The maximum atomic E-state index is 12.5. The first-order valence-electron chi connectivity index (χ1n) is 5.69. The predicted molar refractivity (Wildman–Crippen MR) is 67.5 cm³/mol. The Labute approximate surface area is 117 Å². The van der Waals surface area contributed by atoms with E-state index in [1.807, 2.05) is 13.1 Å². The van der Waals surface area contributed by atoms with E-state index in [0.717, 1.165) is 11.6 Å². The molecule has 0 atom stereocenters. The van der Waals surface area contributed by atoms with Gasteiger partial charge in [0.05, 0.1) is 12.7 Å². The molecule has 0 aliphatic rings. The van der Waals surface area contributed by atoms with Crippen molar-refractivity contribution in [2.45, 2.75) is 19.6 Å². The maximum absolute atomic E-state index is 12.5. The molecule has 0 radical (unpaired) electrons. The van der Waals surface area contributed by atoms with Gasteiger partial charge in [0.25, 0.3) is 0 Å². The minimum absolute atomic E-state index is 0.0289. The van der Waals surface area contributed by atoms with Crippen LogP contribution in [0.3, 0.4) is 0 Å². The summed E-state index contributed by atoms with van der Waals surface area (Å²) >= 11 is 5.48. The summed E-state index contributed by atoms with van der Waals surface area (Å²) in [6.45, 7) is 2.76. The molecule has 20 heavy (non-hydrogen) atoms. The molecule has 0 fully saturated rings. The standard InChI is InChI=1S/C11H11ClF3N5/c1-7-5-17-20(6-7)3-2-16-9-4-8(11(13,14)15)18-10(12)19-9/h4-6H,2-3H2,1H3,(H,16,18,19). The van der Waals surface area contributed by atoms with Gasteiger partial charge in [0, 0.05) is 18.8 Å². The van der Waals surface area contributed by atoms with Crippen LogP contribution in [0.5, 0.6) is 0 Å². The van der Waals surface area contributed by atoms with Gasteiger partial charge in [-0.3, -0.25) is 4.68 Å². The van der Waals surface area contributed by atoms with Crippen molar-refractivity contribution in [3.05, 3.63) is 35.0 Å². The largest absolute Gasteiger partial charge is 0.433 e. The van der Waals surface area contributed by atoms with E-state index >= 15 is 0 Å². The highest BCUT2D eigenvalue weighted by atomic mass is 35.5. The van der Waals surface area contributed by atoms with Gasteiger partial charge in [0.2, 0.25) is 5.28 Å². The maximum Gasteiger partial charge on any atom is 0.433 e. The minimum Gasteiger partial charge on any atom is -0.368 e. The van der Waals surface area contributed by atoms with Crippen LogP contribution < -0.4 is 5.32 Å². The van der Waals surface area contributed by atoms with Crippen LogP contribution in [0.25, 0.3) is 0 Å². The smallest absolute Gasteiger partial charge is 0.368 e. The van der Waals surface area contributed by atoms with Crippen molar-refractivity contribution < 1.29 is 13.2 Å². The first-order valence-corrected chi connectivity index (χ1v) is 6.07. The minimum atomic E-state index is -4.55. The van der Waals surface area contributed by atoms with E-state index in [-0.39, 0.29) is 5.82 Å². The Kier molecular flexibility index (Phi) is 4.12. The fraction of sp³-hybridized carbons (Fsp3) is 0.364. The molecule has 9 heteroatoms. The van der Waals surface area contributed by atoms with Crippen molar-refractivity contribution in [1.29, 1.82) is 0 Å². The first kappa shape index (κ1) is 14.6. The molecule has 2 aromatic heterocycles. The summed E-state index contributed by atoms with van der Waals surface area (Å²) in [7, 11) is 0. The molecule has 2 heterocycles. The van der Waals surface area contributed by atoms with Crippen LogP contribution in [0, 0.1) is 6.92 Å². The average molecular weight is 306 g/mol. The molecule has 0 aliphatic heterocycles. The van der Waals surface area contributed by atoms with Gasteiger partial charge in [-0.2, -0.15) is 18.3 Å². The topological polar surface area (TPSA) is 55.6 Å². The van der Waals surface area contributed by atoms with Crippen LogP contribution in [-0.2, 0) is 12.7 Å². The Balaban J connectivity index is 2.00. The third kappa shape index (κ3) is 3.83. The number of hydrogen-bond acceptors (Lipinski definition) is 4. The van der Waals surface area contributed by atoms with Crippen LogP contribution in [-0.4, -0.2) is 26.3 Å². The van der Waals surface area contributed by atoms with Crippen molar-refractivity contribution in [2.24, 2.45) is 0 Å². The lowest BCUT2D eigenvalue weighted by atomic mass is 10.4. The van der Waals surface area contributed by atoms with Gasteiger partial charge >= 0.3 is 6.18 Å². The molecule has 0 spiro atoms. The second-order valence-corrected chi connectivity index (χ2v) is 4.45. The van der Waals surface area contributed by atoms with E-state index in [2.05, 4.69) is 20.4 Å². The summed E-state index contributed by atoms with van der Waals surface area (Å²) in [5, 5.41) is 6.37. The molecule has 0 aliphatic carbocycles. The third-order valence-electron chi connectivity index (χ3n) is 2.40. The van der Waals surface area contributed by atoms with Crippen LogP contribution in [0.15, 0.2) is 18.5 Å². The fourth-order valence-corrected chi connectivity index (χ4v) is 1.72. The number of aromatic nitrogens is 4. The summed E-state index contributed by atoms with van der Waals surface area (Å²) in [4.78, 5) is 6.84. The zero-order valence-corrected chi connectivity index (χ0v) is 11.2. The molecular weight excluding hydrogens is 295 g/mol. The van der Waals surface area contributed by atoms with Gasteiger partial charge in [-0.25, -0.2) is 9.97 Å². The van der Waals surface area contributed by atoms with Gasteiger partial charge in [-0.05, 0) is 24.1 Å². The Morgan fingerprint density at radius 2 is 2.10 bits per heavy atom. The molecule has 0 aromatic carbocycles. The molecule has 0 saturated carbocycles. The van der Waals surface area contributed by atoms with E-state index in [4.69, 9.17) is 11.6 Å². The van der Waals surface area contributed by atoms with E-state index in [1.165, 1.54) is 0 Å². The molecule has 2 aromatic rings. The highest BCUT2D eigenvalue weighted by molar-refractivity contribution is 6.28. The average Bonchev–Trinajstić information content (AvgIpc) is 2.73. The number of rotatable bonds is 4. The number of aryl methyl sites for hydroxylation is 1. The molecule has 0 saturated heterocycles. The predicted octanol–water partition coefficient (Wildman–Crippen LogP) is 2.77. The van der Waals surface area contributed by atoms with Crippen LogP contribution in [0.4, 0.5) is 19.0 Å². The van der Waals surface area contributed by atoms with E-state index < -0.39 is 17.2 Å². The van der Waals surface area contributed by atoms with Gasteiger partial charge in [0.1, 0.15) is 5.82 Å². The van der Waals surface area contributed by atoms with Crippen LogP contribution >= 0.6 is 11.6 Å². The Morgan fingerprint density at radius 1 is 1.35 bits per heavy atom. The van der Waals surface area contributed by atoms with Crippen LogP contribution in [0.2, 0.25) is 5.28 Å². The molecule has 5 nitrogen and oxygen atoms in total. The zero-order chi connectivity index (χ0) is 14.8. The summed E-state index contributed by atoms with van der Waals surface area (Å²) in [6, 6.07) is 0.820. The van der Waals surface area contributed by atoms with Gasteiger partial charge in [-0.1, -0.05) is 0 Å². The Hall–Kier alpha value is -1.83.